The second-order valence-corrected chi connectivity index (χ2v) is 5.80. The Morgan fingerprint density at radius 3 is 2.70 bits per heavy atom. The summed E-state index contributed by atoms with van der Waals surface area (Å²) in [6.45, 7) is 4.43. The van der Waals surface area contributed by atoms with Crippen LogP contribution >= 0.6 is 0 Å². The number of aliphatic hydroxyl groups is 1. The van der Waals surface area contributed by atoms with Crippen molar-refractivity contribution >= 4 is 22.7 Å². The zero-order valence-electron chi connectivity index (χ0n) is 14.2. The average molecular weight is 317 g/mol. The Morgan fingerprint density at radius 2 is 2.04 bits per heavy atom. The van der Waals surface area contributed by atoms with Crippen LogP contribution < -0.4 is 16.2 Å². The second kappa shape index (κ2) is 8.08. The van der Waals surface area contributed by atoms with Gasteiger partial charge in [-0.2, -0.15) is 4.98 Å². The Morgan fingerprint density at radius 1 is 1.26 bits per heavy atom. The lowest BCUT2D eigenvalue weighted by atomic mass is 10.1. The fourth-order valence-electron chi connectivity index (χ4n) is 2.77. The molecular formula is C17H27N5O. The standard InChI is InChI=1S/C17H27N5O/c1-4-6-13(9-10-23)21-22(3)16-14-11-12(5-2)7-8-15(14)19-17(18)20-16/h7-8,11,13,21,23H,4-6,9-10H2,1-3H3,(H2,18,19,20). The van der Waals surface area contributed by atoms with E-state index in [1.54, 1.807) is 0 Å². The minimum absolute atomic E-state index is 0.165. The molecule has 1 atom stereocenters. The molecule has 2 aromatic rings. The van der Waals surface area contributed by atoms with Crippen molar-refractivity contribution in [3.8, 4) is 0 Å². The quantitative estimate of drug-likeness (QED) is 0.647. The van der Waals surface area contributed by atoms with E-state index in [-0.39, 0.29) is 18.6 Å². The molecule has 0 radical (unpaired) electrons. The molecule has 1 unspecified atom stereocenters. The maximum atomic E-state index is 9.23. The van der Waals surface area contributed by atoms with Crippen LogP contribution in [0.1, 0.15) is 38.7 Å². The lowest BCUT2D eigenvalue weighted by Gasteiger charge is -2.27. The highest BCUT2D eigenvalue weighted by molar-refractivity contribution is 5.90. The average Bonchev–Trinajstić information content (AvgIpc) is 2.54. The molecule has 1 heterocycles. The minimum atomic E-state index is 0.165. The van der Waals surface area contributed by atoms with E-state index in [0.29, 0.717) is 6.42 Å². The summed E-state index contributed by atoms with van der Waals surface area (Å²) in [6.07, 6.45) is 3.71. The monoisotopic (exact) mass is 317 g/mol. The van der Waals surface area contributed by atoms with Gasteiger partial charge in [-0.1, -0.05) is 26.3 Å². The van der Waals surface area contributed by atoms with Crippen LogP contribution in [-0.2, 0) is 6.42 Å². The number of nitrogens with zero attached hydrogens (tertiary/aromatic N) is 3. The van der Waals surface area contributed by atoms with E-state index < -0.39 is 0 Å². The van der Waals surface area contributed by atoms with E-state index in [1.165, 1.54) is 5.56 Å². The van der Waals surface area contributed by atoms with E-state index >= 15 is 0 Å². The van der Waals surface area contributed by atoms with Gasteiger partial charge in [0.25, 0.3) is 0 Å². The lowest BCUT2D eigenvalue weighted by molar-refractivity contribution is 0.259. The summed E-state index contributed by atoms with van der Waals surface area (Å²) in [7, 11) is 1.93. The van der Waals surface area contributed by atoms with Gasteiger partial charge in [0.2, 0.25) is 5.95 Å². The molecule has 6 heteroatoms. The van der Waals surface area contributed by atoms with Crippen molar-refractivity contribution < 1.29 is 5.11 Å². The molecule has 0 aliphatic rings. The third kappa shape index (κ3) is 4.30. The van der Waals surface area contributed by atoms with Crippen LogP contribution in [0.25, 0.3) is 10.9 Å². The molecule has 23 heavy (non-hydrogen) atoms. The van der Waals surface area contributed by atoms with E-state index in [9.17, 15) is 5.11 Å². The highest BCUT2D eigenvalue weighted by Crippen LogP contribution is 2.25. The number of aromatic nitrogens is 2. The van der Waals surface area contributed by atoms with E-state index in [4.69, 9.17) is 5.73 Å². The van der Waals surface area contributed by atoms with Crippen LogP contribution in [-0.4, -0.2) is 34.8 Å². The minimum Gasteiger partial charge on any atom is -0.396 e. The van der Waals surface area contributed by atoms with Gasteiger partial charge in [-0.25, -0.2) is 10.4 Å². The molecule has 0 amide bonds. The first-order chi connectivity index (χ1) is 11.1. The molecule has 6 nitrogen and oxygen atoms in total. The van der Waals surface area contributed by atoms with Gasteiger partial charge < -0.3 is 10.8 Å². The number of hydrogen-bond donors (Lipinski definition) is 3. The highest BCUT2D eigenvalue weighted by atomic mass is 16.3. The number of nitrogens with two attached hydrogens (primary N) is 1. The first kappa shape index (κ1) is 17.4. The Kier molecular flexibility index (Phi) is 6.12. The SMILES string of the molecule is CCCC(CCO)NN(C)c1nc(N)nc2ccc(CC)cc12. The van der Waals surface area contributed by atoms with Crippen molar-refractivity contribution in [3.63, 3.8) is 0 Å². The fraction of sp³-hybridized carbons (Fsp3) is 0.529. The van der Waals surface area contributed by atoms with Crippen molar-refractivity contribution in [2.24, 2.45) is 0 Å². The molecular weight excluding hydrogens is 290 g/mol. The van der Waals surface area contributed by atoms with Crippen LogP contribution in [0.2, 0.25) is 0 Å². The van der Waals surface area contributed by atoms with Gasteiger partial charge in [0.05, 0.1) is 5.52 Å². The molecule has 4 N–H and O–H groups in total. The van der Waals surface area contributed by atoms with Gasteiger partial charge in [0.1, 0.15) is 0 Å². The summed E-state index contributed by atoms with van der Waals surface area (Å²) in [5.74, 6) is 1.03. The Hall–Kier alpha value is -1.92. The first-order valence-corrected chi connectivity index (χ1v) is 8.25. The van der Waals surface area contributed by atoms with Crippen molar-refractivity contribution in [1.29, 1.82) is 0 Å². The van der Waals surface area contributed by atoms with Gasteiger partial charge in [-0.05, 0) is 37.0 Å². The normalized spacial score (nSPS) is 12.5. The number of hydrogen-bond acceptors (Lipinski definition) is 6. The van der Waals surface area contributed by atoms with Crippen molar-refractivity contribution in [2.75, 3.05) is 24.4 Å². The number of rotatable bonds is 8. The molecule has 0 bridgehead atoms. The predicted octanol–water partition coefficient (Wildman–Crippen LogP) is 2.27. The van der Waals surface area contributed by atoms with Crippen LogP contribution in [0.4, 0.5) is 11.8 Å². The Balaban J connectivity index is 2.36. The fourth-order valence-corrected chi connectivity index (χ4v) is 2.77. The largest absolute Gasteiger partial charge is 0.396 e. The molecule has 1 aromatic carbocycles. The van der Waals surface area contributed by atoms with Crippen LogP contribution in [0.5, 0.6) is 0 Å². The molecule has 0 saturated heterocycles. The summed E-state index contributed by atoms with van der Waals surface area (Å²) in [5.41, 5.74) is 11.4. The predicted molar refractivity (Wildman–Crippen MR) is 95.3 cm³/mol. The number of fused-ring (bicyclic) bond motifs is 1. The van der Waals surface area contributed by atoms with Gasteiger partial charge in [0, 0.05) is 25.1 Å². The lowest BCUT2D eigenvalue weighted by Crippen LogP contribution is -2.43. The Labute approximate surface area is 137 Å². The molecule has 0 spiro atoms. The van der Waals surface area contributed by atoms with Gasteiger partial charge in [-0.15, -0.1) is 0 Å². The van der Waals surface area contributed by atoms with Crippen LogP contribution in [0, 0.1) is 0 Å². The third-order valence-corrected chi connectivity index (χ3v) is 3.97. The number of nitrogens with one attached hydrogen (secondary N) is 1. The van der Waals surface area contributed by atoms with Crippen LogP contribution in [0.15, 0.2) is 18.2 Å². The smallest absolute Gasteiger partial charge is 0.222 e. The molecule has 0 aliphatic carbocycles. The first-order valence-electron chi connectivity index (χ1n) is 8.25. The number of anilines is 2. The summed E-state index contributed by atoms with van der Waals surface area (Å²) in [4.78, 5) is 8.74. The number of nitrogen functional groups attached to an aromatic ring is 1. The van der Waals surface area contributed by atoms with Crippen LogP contribution in [0.3, 0.4) is 0 Å². The summed E-state index contributed by atoms with van der Waals surface area (Å²) < 4.78 is 0. The number of hydrazine groups is 1. The summed E-state index contributed by atoms with van der Waals surface area (Å²) >= 11 is 0. The number of benzene rings is 1. The zero-order valence-corrected chi connectivity index (χ0v) is 14.2. The third-order valence-electron chi connectivity index (χ3n) is 3.97. The maximum Gasteiger partial charge on any atom is 0.222 e. The maximum absolute atomic E-state index is 9.23. The summed E-state index contributed by atoms with van der Waals surface area (Å²) in [6, 6.07) is 6.37. The molecule has 1 aromatic heterocycles. The molecule has 126 valence electrons. The van der Waals surface area contributed by atoms with Crippen molar-refractivity contribution in [1.82, 2.24) is 15.4 Å². The Bertz CT molecular complexity index is 640. The summed E-state index contributed by atoms with van der Waals surface area (Å²) in [5, 5.41) is 12.1. The molecule has 2 rings (SSSR count). The topological polar surface area (TPSA) is 87.3 Å². The molecule has 0 aliphatic heterocycles. The van der Waals surface area contributed by atoms with Gasteiger partial charge >= 0.3 is 0 Å². The van der Waals surface area contributed by atoms with E-state index in [0.717, 1.165) is 36.0 Å². The van der Waals surface area contributed by atoms with Crippen molar-refractivity contribution in [2.45, 2.75) is 45.6 Å². The van der Waals surface area contributed by atoms with Crippen molar-refractivity contribution in [3.05, 3.63) is 23.8 Å². The van der Waals surface area contributed by atoms with E-state index in [2.05, 4.69) is 41.4 Å². The highest BCUT2D eigenvalue weighted by Gasteiger charge is 2.15. The number of aliphatic hydroxyl groups excluding tert-OH is 1. The molecule has 0 fully saturated rings. The molecule has 0 saturated carbocycles. The van der Waals surface area contributed by atoms with Gasteiger partial charge in [0.15, 0.2) is 5.82 Å². The van der Waals surface area contributed by atoms with Gasteiger partial charge in [-0.3, -0.25) is 5.01 Å². The second-order valence-electron chi connectivity index (χ2n) is 5.80. The zero-order chi connectivity index (χ0) is 16.8. The van der Waals surface area contributed by atoms with E-state index in [1.807, 2.05) is 18.1 Å². The number of aryl methyl sites for hydroxylation is 1.